The summed E-state index contributed by atoms with van der Waals surface area (Å²) in [4.78, 5) is 25.8. The third-order valence-corrected chi connectivity index (χ3v) is 22.8. The van der Waals surface area contributed by atoms with Crippen molar-refractivity contribution in [1.82, 2.24) is 0 Å². The summed E-state index contributed by atoms with van der Waals surface area (Å²) in [5.41, 5.74) is 0.698. The fourth-order valence-corrected chi connectivity index (χ4v) is 17.3. The van der Waals surface area contributed by atoms with E-state index in [4.69, 9.17) is 56.8 Å². The third-order valence-electron chi connectivity index (χ3n) is 22.8. The van der Waals surface area contributed by atoms with Crippen LogP contribution in [0.5, 0.6) is 0 Å². The van der Waals surface area contributed by atoms with Crippen LogP contribution in [0.4, 0.5) is 0 Å². The summed E-state index contributed by atoms with van der Waals surface area (Å²) in [6.45, 7) is 12.7. The number of fused-ring (bicyclic) bond motifs is 5. The first-order valence-corrected chi connectivity index (χ1v) is 31.4. The van der Waals surface area contributed by atoms with Crippen molar-refractivity contribution in [2.75, 3.05) is 33.0 Å². The third kappa shape index (κ3) is 11.6. The first-order chi connectivity index (χ1) is 41.4. The second-order valence-electron chi connectivity index (χ2n) is 27.5. The zero-order chi connectivity index (χ0) is 64.1. The maximum atomic E-state index is 13.1. The molecule has 0 aromatic rings. The Hall–Kier alpha value is -2.12. The Bertz CT molecular complexity index is 2470. The Kier molecular flexibility index (Phi) is 20.5. The van der Waals surface area contributed by atoms with Gasteiger partial charge in [0.05, 0.1) is 50.8 Å². The quantitative estimate of drug-likeness (QED) is 0.0508. The van der Waals surface area contributed by atoms with Gasteiger partial charge in [0.15, 0.2) is 37.2 Å². The highest BCUT2D eigenvalue weighted by Gasteiger charge is 2.72. The molecule has 33 atom stereocenters. The minimum atomic E-state index is -2.06. The molecule has 0 amide bonds. The molecule has 88 heavy (non-hydrogen) atoms. The molecule has 10 aliphatic rings. The van der Waals surface area contributed by atoms with E-state index in [9.17, 15) is 81.1 Å². The van der Waals surface area contributed by atoms with Gasteiger partial charge in [0, 0.05) is 24.2 Å². The largest absolute Gasteiger partial charge is 0.465 e. The van der Waals surface area contributed by atoms with E-state index in [1.54, 1.807) is 0 Å². The molecule has 28 heteroatoms. The van der Waals surface area contributed by atoms with Crippen LogP contribution in [0.2, 0.25) is 0 Å². The van der Waals surface area contributed by atoms with Crippen molar-refractivity contribution in [3.8, 4) is 0 Å². The number of carbonyl (C=O) groups is 2. The molecule has 28 nitrogen and oxygen atoms in total. The normalized spacial score (nSPS) is 53.1. The Morgan fingerprint density at radius 2 is 1.16 bits per heavy atom. The molecule has 0 bridgehead atoms. The minimum Gasteiger partial charge on any atom is -0.465 e. The molecule has 1 spiro atoms. The van der Waals surface area contributed by atoms with Gasteiger partial charge in [-0.3, -0.25) is 9.59 Å². The molecular formula is C60H96O28. The molecule has 33 unspecified atom stereocenters. The van der Waals surface area contributed by atoms with Crippen LogP contribution >= 0.6 is 0 Å². The predicted octanol–water partition coefficient (Wildman–Crippen LogP) is -3.05. The van der Waals surface area contributed by atoms with Gasteiger partial charge < -0.3 is 128 Å². The van der Waals surface area contributed by atoms with E-state index in [1.165, 1.54) is 25.0 Å². The number of carbonyl (C=O) groups excluding carboxylic acids is 2. The van der Waals surface area contributed by atoms with Crippen molar-refractivity contribution < 1.29 is 138 Å². The molecule has 8 fully saturated rings. The molecule has 0 radical (unpaired) electrons. The Morgan fingerprint density at radius 1 is 0.580 bits per heavy atom. The lowest BCUT2D eigenvalue weighted by molar-refractivity contribution is -0.406. The van der Waals surface area contributed by atoms with Gasteiger partial charge in [0.2, 0.25) is 0 Å². The lowest BCUT2D eigenvalue weighted by Gasteiger charge is -2.63. The van der Waals surface area contributed by atoms with Crippen LogP contribution in [-0.4, -0.2) is 282 Å². The van der Waals surface area contributed by atoms with Crippen LogP contribution in [0.1, 0.15) is 120 Å². The fraction of sp³-hybridized carbons (Fsp3) is 0.933. The number of ether oxygens (including phenoxy) is 12. The molecule has 4 aliphatic carbocycles. The molecule has 2 saturated carbocycles. The van der Waals surface area contributed by atoms with Gasteiger partial charge in [0.25, 0.3) is 0 Å². The zero-order valence-electron chi connectivity index (χ0n) is 51.2. The molecule has 504 valence electrons. The SMILES string of the molecule is CCC(=O)C1CC(C)C2(CCC3(C)C4=C(CCC32C)C2(C)CCC(OC3OC(COC5OCC(O)C(O)C5OC5OC(CO)C(O)C(OC6OC(CO)C(O)C(O)C6O)C5OC5OC(C)C(O)C(O)C5O)C(O)C(O)C3O)C(C)(COC(C)=O)C2CC4)O1. The zero-order valence-corrected chi connectivity index (χ0v) is 51.2. The average Bonchev–Trinajstić information content (AvgIpc) is 1.43. The highest BCUT2D eigenvalue weighted by atomic mass is 16.8. The van der Waals surface area contributed by atoms with E-state index in [0.29, 0.717) is 32.1 Å². The van der Waals surface area contributed by atoms with Crippen LogP contribution in [0.25, 0.3) is 0 Å². The summed E-state index contributed by atoms with van der Waals surface area (Å²) in [5.74, 6) is -0.273. The van der Waals surface area contributed by atoms with Crippen LogP contribution < -0.4 is 0 Å². The Morgan fingerprint density at radius 3 is 1.81 bits per heavy atom. The fourth-order valence-electron chi connectivity index (χ4n) is 17.3. The number of hydrogen-bond donors (Lipinski definition) is 14. The van der Waals surface area contributed by atoms with Gasteiger partial charge in [-0.25, -0.2) is 0 Å². The Balaban J connectivity index is 0.878. The summed E-state index contributed by atoms with van der Waals surface area (Å²) in [5, 5.41) is 154. The predicted molar refractivity (Wildman–Crippen MR) is 295 cm³/mol. The molecule has 0 aromatic carbocycles. The lowest BCUT2D eigenvalue weighted by atomic mass is 9.42. The van der Waals surface area contributed by atoms with Gasteiger partial charge in [0.1, 0.15) is 116 Å². The first-order valence-electron chi connectivity index (χ1n) is 31.4. The van der Waals surface area contributed by atoms with Crippen LogP contribution in [0.3, 0.4) is 0 Å². The second-order valence-corrected chi connectivity index (χ2v) is 27.5. The number of aliphatic hydroxyl groups excluding tert-OH is 14. The van der Waals surface area contributed by atoms with Gasteiger partial charge in [-0.15, -0.1) is 0 Å². The minimum absolute atomic E-state index is 0.0466. The topological polar surface area (TPSA) is 428 Å². The van der Waals surface area contributed by atoms with Crippen LogP contribution in [0.15, 0.2) is 11.1 Å². The van der Waals surface area contributed by atoms with Crippen LogP contribution in [0, 0.1) is 33.5 Å². The number of hydrogen-bond acceptors (Lipinski definition) is 28. The summed E-state index contributed by atoms with van der Waals surface area (Å²) >= 11 is 0. The monoisotopic (exact) mass is 1260 g/mol. The molecule has 14 N–H and O–H groups in total. The average molecular weight is 1270 g/mol. The van der Waals surface area contributed by atoms with Gasteiger partial charge in [-0.1, -0.05) is 52.7 Å². The second kappa shape index (κ2) is 26.2. The van der Waals surface area contributed by atoms with Crippen molar-refractivity contribution in [2.45, 2.75) is 285 Å². The Labute approximate surface area is 510 Å². The summed E-state index contributed by atoms with van der Waals surface area (Å²) in [7, 11) is 0. The van der Waals surface area contributed by atoms with E-state index >= 15 is 0 Å². The van der Waals surface area contributed by atoms with E-state index in [-0.39, 0.29) is 40.5 Å². The summed E-state index contributed by atoms with van der Waals surface area (Å²) in [6, 6.07) is 0. The summed E-state index contributed by atoms with van der Waals surface area (Å²) < 4.78 is 73.5. The number of rotatable bonds is 17. The highest BCUT2D eigenvalue weighted by molar-refractivity contribution is 5.83. The van der Waals surface area contributed by atoms with E-state index in [2.05, 4.69) is 27.7 Å². The molecular weight excluding hydrogens is 1170 g/mol. The lowest BCUT2D eigenvalue weighted by Crippen LogP contribution is -2.68. The smallest absolute Gasteiger partial charge is 0.302 e. The van der Waals surface area contributed by atoms with Crippen molar-refractivity contribution in [3.63, 3.8) is 0 Å². The maximum absolute atomic E-state index is 13.1. The van der Waals surface area contributed by atoms with Gasteiger partial charge in [-0.2, -0.15) is 0 Å². The van der Waals surface area contributed by atoms with Crippen molar-refractivity contribution in [1.29, 1.82) is 0 Å². The first kappa shape index (κ1) is 68.7. The molecule has 6 aliphatic heterocycles. The summed E-state index contributed by atoms with van der Waals surface area (Å²) in [6.07, 6.45) is -37.5. The number of allylic oxidation sites excluding steroid dienone is 2. The van der Waals surface area contributed by atoms with E-state index in [0.717, 1.165) is 32.1 Å². The molecule has 10 rings (SSSR count). The van der Waals surface area contributed by atoms with Crippen LogP contribution in [-0.2, 0) is 66.4 Å². The van der Waals surface area contributed by atoms with Gasteiger partial charge >= 0.3 is 5.97 Å². The van der Waals surface area contributed by atoms with Crippen molar-refractivity contribution in [2.24, 2.45) is 33.5 Å². The number of aliphatic hydroxyl groups is 14. The maximum Gasteiger partial charge on any atom is 0.302 e. The number of Topliss-reactive ketones (excluding diaryl/α,β-unsaturated/α-hetero) is 1. The van der Waals surface area contributed by atoms with Gasteiger partial charge in [-0.05, 0) is 87.4 Å². The highest BCUT2D eigenvalue weighted by Crippen LogP contribution is 2.75. The van der Waals surface area contributed by atoms with Crippen molar-refractivity contribution >= 4 is 11.8 Å². The molecule has 0 aromatic heterocycles. The van der Waals surface area contributed by atoms with E-state index in [1.807, 2.05) is 13.8 Å². The number of ketones is 1. The van der Waals surface area contributed by atoms with E-state index < -0.39 is 203 Å². The molecule has 6 saturated heterocycles. The molecule has 6 heterocycles. The number of esters is 1. The van der Waals surface area contributed by atoms with Crippen molar-refractivity contribution in [3.05, 3.63) is 11.1 Å². The standard InChI is InChI=1S/C60H96O28/c1-9-29(64)31-18-24(2)60(88-31)17-16-58(7)28-10-11-35-56(5,27(28)12-15-59(58,60)8)14-13-36(57(35,6)23-79-26(4)63)84-52-46(75)44(73)40(69)34(83-52)22-78-54-49(38(67)30(65)21-77-54)86-55-50(87-51-45(74)42(71)37(66)25(3)80-51)48(41(70)33(20-62)82-55)85-53-47(76)43(72)39(68)32(19-61)81-53/h24-25,30-55,61-62,65-76H,9-23H2,1-8H3.